The van der Waals surface area contributed by atoms with Crippen LogP contribution in [0.15, 0.2) is 127 Å². The maximum absolute atomic E-state index is 6.34. The Morgan fingerprint density at radius 2 is 1.48 bits per heavy atom. The second-order valence-electron chi connectivity index (χ2n) is 11.4. The molecule has 0 aromatic heterocycles. The van der Waals surface area contributed by atoms with Gasteiger partial charge in [0, 0.05) is 41.1 Å². The highest BCUT2D eigenvalue weighted by atomic mass is 16.5. The second-order valence-corrected chi connectivity index (χ2v) is 11.4. The molecular weight excluding hydrogens is 488 g/mol. The standard InChI is InChI=1S/C37H41N2O/c1-7-38-32-24-14-12-22-30(32)36(3,4)34(38)26-16-20-29(40-28-18-10-9-11-19-28)21-17-27-35-37(5,6)31-23-13-15-25-33(31)39(35)8-2/h9-27H,7-8H2,1-6H3/q+1. The molecule has 0 fully saturated rings. The van der Waals surface area contributed by atoms with Crippen molar-refractivity contribution in [3.63, 3.8) is 0 Å². The number of nitrogens with zero attached hydrogens (tertiary/aromatic N) is 2. The summed E-state index contributed by atoms with van der Waals surface area (Å²) >= 11 is 0. The van der Waals surface area contributed by atoms with Crippen LogP contribution in [-0.2, 0) is 10.8 Å². The maximum atomic E-state index is 6.34. The van der Waals surface area contributed by atoms with E-state index in [1.54, 1.807) is 0 Å². The number of allylic oxidation sites excluding steroid dienone is 7. The minimum atomic E-state index is -0.0652. The van der Waals surface area contributed by atoms with Crippen molar-refractivity contribution < 1.29 is 9.31 Å². The van der Waals surface area contributed by atoms with Crippen LogP contribution >= 0.6 is 0 Å². The van der Waals surface area contributed by atoms with E-state index in [-0.39, 0.29) is 10.8 Å². The Balaban J connectivity index is 1.47. The number of likely N-dealkylation sites (N-methyl/N-ethyl adjacent to an activating group) is 1. The largest absolute Gasteiger partial charge is 0.457 e. The molecule has 2 aliphatic heterocycles. The molecule has 0 spiro atoms. The zero-order valence-corrected chi connectivity index (χ0v) is 24.7. The average Bonchev–Trinajstić information content (AvgIpc) is 3.32. The van der Waals surface area contributed by atoms with E-state index in [4.69, 9.17) is 4.74 Å². The summed E-state index contributed by atoms with van der Waals surface area (Å²) in [5.74, 6) is 1.60. The first-order chi connectivity index (χ1) is 19.3. The highest BCUT2D eigenvalue weighted by Crippen LogP contribution is 2.47. The van der Waals surface area contributed by atoms with E-state index in [0.29, 0.717) is 0 Å². The fourth-order valence-corrected chi connectivity index (χ4v) is 6.18. The number of hydrogen-bond acceptors (Lipinski definition) is 2. The van der Waals surface area contributed by atoms with E-state index < -0.39 is 0 Å². The molecule has 5 rings (SSSR count). The van der Waals surface area contributed by atoms with E-state index in [9.17, 15) is 0 Å². The molecule has 0 aliphatic carbocycles. The average molecular weight is 530 g/mol. The monoisotopic (exact) mass is 529 g/mol. The van der Waals surface area contributed by atoms with Crippen LogP contribution in [-0.4, -0.2) is 23.4 Å². The molecule has 3 aromatic rings. The quantitative estimate of drug-likeness (QED) is 0.164. The Morgan fingerprint density at radius 3 is 2.20 bits per heavy atom. The highest BCUT2D eigenvalue weighted by molar-refractivity contribution is 6.03. The van der Waals surface area contributed by atoms with Gasteiger partial charge in [-0.05, 0) is 69.7 Å². The van der Waals surface area contributed by atoms with E-state index in [0.717, 1.165) is 24.6 Å². The predicted octanol–water partition coefficient (Wildman–Crippen LogP) is 8.86. The first-order valence-corrected chi connectivity index (χ1v) is 14.4. The van der Waals surface area contributed by atoms with Crippen molar-refractivity contribution in [1.29, 1.82) is 0 Å². The molecule has 2 aliphatic rings. The van der Waals surface area contributed by atoms with Gasteiger partial charge in [0.1, 0.15) is 18.1 Å². The van der Waals surface area contributed by atoms with Gasteiger partial charge < -0.3 is 9.64 Å². The molecule has 0 saturated heterocycles. The van der Waals surface area contributed by atoms with Gasteiger partial charge in [-0.15, -0.1) is 0 Å². The molecule has 0 saturated carbocycles. The van der Waals surface area contributed by atoms with Crippen molar-refractivity contribution in [3.8, 4) is 5.75 Å². The van der Waals surface area contributed by atoms with Crippen LogP contribution in [0.25, 0.3) is 0 Å². The molecule has 0 bridgehead atoms. The van der Waals surface area contributed by atoms with Crippen molar-refractivity contribution in [2.45, 2.75) is 52.4 Å². The van der Waals surface area contributed by atoms with Gasteiger partial charge >= 0.3 is 0 Å². The summed E-state index contributed by atoms with van der Waals surface area (Å²) in [7, 11) is 0. The fourth-order valence-electron chi connectivity index (χ4n) is 6.18. The van der Waals surface area contributed by atoms with Crippen molar-refractivity contribution in [1.82, 2.24) is 0 Å². The lowest BCUT2D eigenvalue weighted by Crippen LogP contribution is -2.27. The first-order valence-electron chi connectivity index (χ1n) is 14.4. The van der Waals surface area contributed by atoms with Gasteiger partial charge in [-0.1, -0.05) is 80.6 Å². The minimum Gasteiger partial charge on any atom is -0.457 e. The van der Waals surface area contributed by atoms with E-state index in [1.807, 2.05) is 30.3 Å². The molecule has 0 atom stereocenters. The third-order valence-corrected chi connectivity index (χ3v) is 8.24. The number of hydrogen-bond donors (Lipinski definition) is 0. The van der Waals surface area contributed by atoms with Crippen LogP contribution in [0.1, 0.15) is 52.7 Å². The van der Waals surface area contributed by atoms with E-state index in [2.05, 4.69) is 136 Å². The highest BCUT2D eigenvalue weighted by Gasteiger charge is 2.43. The van der Waals surface area contributed by atoms with Crippen LogP contribution in [0, 0.1) is 0 Å². The lowest BCUT2D eigenvalue weighted by Gasteiger charge is -2.25. The van der Waals surface area contributed by atoms with Crippen LogP contribution in [0.3, 0.4) is 0 Å². The second kappa shape index (κ2) is 11.2. The third-order valence-electron chi connectivity index (χ3n) is 8.24. The Hall–Kier alpha value is -4.11. The number of ether oxygens (including phenoxy) is 1. The van der Waals surface area contributed by atoms with Crippen molar-refractivity contribution in [3.05, 3.63) is 138 Å². The summed E-state index contributed by atoms with van der Waals surface area (Å²) in [6.45, 7) is 15.5. The Bertz CT molecular complexity index is 1530. The molecule has 40 heavy (non-hydrogen) atoms. The summed E-state index contributed by atoms with van der Waals surface area (Å²) < 4.78 is 8.75. The molecule has 0 unspecified atom stereocenters. The van der Waals surface area contributed by atoms with Crippen molar-refractivity contribution in [2.24, 2.45) is 0 Å². The lowest BCUT2D eigenvalue weighted by atomic mass is 9.81. The maximum Gasteiger partial charge on any atom is 0.209 e. The fraction of sp³-hybridized carbons (Fsp3) is 0.270. The van der Waals surface area contributed by atoms with Gasteiger partial charge in [-0.3, -0.25) is 0 Å². The normalized spacial score (nSPS) is 18.7. The summed E-state index contributed by atoms with van der Waals surface area (Å²) in [5.41, 5.74) is 7.79. The van der Waals surface area contributed by atoms with Crippen LogP contribution in [0.4, 0.5) is 11.4 Å². The summed E-state index contributed by atoms with van der Waals surface area (Å²) in [4.78, 5) is 2.41. The number of benzene rings is 3. The molecule has 0 N–H and O–H groups in total. The predicted molar refractivity (Wildman–Crippen MR) is 169 cm³/mol. The van der Waals surface area contributed by atoms with Gasteiger partial charge in [0.05, 0.1) is 5.41 Å². The van der Waals surface area contributed by atoms with E-state index >= 15 is 0 Å². The van der Waals surface area contributed by atoms with Crippen molar-refractivity contribution in [2.75, 3.05) is 18.0 Å². The zero-order valence-electron chi connectivity index (χ0n) is 24.7. The smallest absolute Gasteiger partial charge is 0.209 e. The number of fused-ring (bicyclic) bond motifs is 2. The molecule has 2 heterocycles. The zero-order chi connectivity index (χ0) is 28.3. The van der Waals surface area contributed by atoms with Crippen LogP contribution in [0.5, 0.6) is 5.75 Å². The van der Waals surface area contributed by atoms with E-state index in [1.165, 1.54) is 33.9 Å². The summed E-state index contributed by atoms with van der Waals surface area (Å²) in [6.07, 6.45) is 12.8. The number of para-hydroxylation sites is 3. The molecular formula is C37H41N2O+. The molecule has 3 nitrogen and oxygen atoms in total. The van der Waals surface area contributed by atoms with Crippen LogP contribution in [0.2, 0.25) is 0 Å². The summed E-state index contributed by atoms with van der Waals surface area (Å²) in [6, 6.07) is 27.4. The number of anilines is 1. The molecule has 0 amide bonds. The molecule has 204 valence electrons. The first kappa shape index (κ1) is 27.5. The van der Waals surface area contributed by atoms with Gasteiger partial charge in [-0.25, -0.2) is 0 Å². The van der Waals surface area contributed by atoms with Gasteiger partial charge in [0.2, 0.25) is 5.69 Å². The Kier molecular flexibility index (Phi) is 7.67. The topological polar surface area (TPSA) is 15.5 Å². The Labute approximate surface area is 240 Å². The lowest BCUT2D eigenvalue weighted by molar-refractivity contribution is -0.433. The van der Waals surface area contributed by atoms with Gasteiger partial charge in [0.25, 0.3) is 0 Å². The van der Waals surface area contributed by atoms with Gasteiger partial charge in [-0.2, -0.15) is 4.58 Å². The van der Waals surface area contributed by atoms with Gasteiger partial charge in [0.15, 0.2) is 5.71 Å². The SMILES string of the molecule is CCN1/C(=C/C=C/C(=C/C=C/C2=[N+](CC)c3ccccc3C2(C)C)Oc2ccccc2)C(C)(C)c2ccccc21. The summed E-state index contributed by atoms with van der Waals surface area (Å²) in [5, 5.41) is 0. The number of rotatable bonds is 8. The molecule has 3 heteroatoms. The molecule has 0 radical (unpaired) electrons. The van der Waals surface area contributed by atoms with Crippen molar-refractivity contribution >= 4 is 17.1 Å². The third kappa shape index (κ3) is 4.97. The molecule has 3 aromatic carbocycles. The van der Waals surface area contributed by atoms with Crippen LogP contribution < -0.4 is 9.64 Å². The minimum absolute atomic E-state index is 0.0652. The Morgan fingerprint density at radius 1 is 0.800 bits per heavy atom.